The van der Waals surface area contributed by atoms with Gasteiger partial charge in [0.25, 0.3) is 5.91 Å². The predicted octanol–water partition coefficient (Wildman–Crippen LogP) is 1.89. The number of para-hydroxylation sites is 1. The third-order valence-corrected chi connectivity index (χ3v) is 4.12. The summed E-state index contributed by atoms with van der Waals surface area (Å²) in [4.78, 5) is 35.8. The van der Waals surface area contributed by atoms with Crippen molar-refractivity contribution in [2.75, 3.05) is 5.73 Å². The van der Waals surface area contributed by atoms with Crippen molar-refractivity contribution in [1.82, 2.24) is 10.6 Å². The molecule has 130 valence electrons. The molecule has 1 fully saturated rings. The number of imide groups is 1. The molecule has 2 rings (SSSR count). The van der Waals surface area contributed by atoms with Crippen LogP contribution in [0.1, 0.15) is 48.5 Å². The van der Waals surface area contributed by atoms with Gasteiger partial charge < -0.3 is 15.8 Å². The highest BCUT2D eigenvalue weighted by molar-refractivity contribution is 6.00. The van der Waals surface area contributed by atoms with Gasteiger partial charge >= 0.3 is 12.0 Å². The average Bonchev–Trinajstić information content (AvgIpc) is 3.02. The maximum atomic E-state index is 12.1. The van der Waals surface area contributed by atoms with Crippen LogP contribution >= 0.6 is 0 Å². The molecule has 1 aromatic carbocycles. The van der Waals surface area contributed by atoms with Gasteiger partial charge in [-0.05, 0) is 38.3 Å². The van der Waals surface area contributed by atoms with Crippen molar-refractivity contribution < 1.29 is 19.1 Å². The predicted molar refractivity (Wildman–Crippen MR) is 89.4 cm³/mol. The highest BCUT2D eigenvalue weighted by Crippen LogP contribution is 2.18. The molecule has 7 nitrogen and oxygen atoms in total. The molecule has 0 aromatic heterocycles. The number of urea groups is 1. The van der Waals surface area contributed by atoms with Gasteiger partial charge in [0.15, 0.2) is 6.10 Å². The minimum absolute atomic E-state index is 0.0998. The number of nitrogens with two attached hydrogens (primary N) is 1. The first-order chi connectivity index (χ1) is 11.4. The largest absolute Gasteiger partial charge is 0.449 e. The lowest BCUT2D eigenvalue weighted by atomic mass is 10.1. The van der Waals surface area contributed by atoms with Crippen LogP contribution in [0.3, 0.4) is 0 Å². The molecule has 24 heavy (non-hydrogen) atoms. The number of hydrogen-bond donors (Lipinski definition) is 3. The highest BCUT2D eigenvalue weighted by atomic mass is 16.5. The van der Waals surface area contributed by atoms with Crippen molar-refractivity contribution >= 4 is 23.6 Å². The van der Waals surface area contributed by atoms with E-state index < -0.39 is 24.0 Å². The van der Waals surface area contributed by atoms with E-state index in [1.54, 1.807) is 19.1 Å². The van der Waals surface area contributed by atoms with Crippen molar-refractivity contribution in [1.29, 1.82) is 0 Å². The minimum atomic E-state index is -1.10. The summed E-state index contributed by atoms with van der Waals surface area (Å²) in [7, 11) is 0. The van der Waals surface area contributed by atoms with E-state index in [2.05, 4.69) is 10.6 Å². The highest BCUT2D eigenvalue weighted by Gasteiger charge is 2.24. The Balaban J connectivity index is 1.87. The van der Waals surface area contributed by atoms with Crippen LogP contribution in [0.25, 0.3) is 0 Å². The van der Waals surface area contributed by atoms with Crippen molar-refractivity contribution in [3.63, 3.8) is 0 Å². The molecule has 1 saturated carbocycles. The molecule has 0 saturated heterocycles. The molecule has 7 heteroatoms. The van der Waals surface area contributed by atoms with Crippen molar-refractivity contribution in [3.05, 3.63) is 29.3 Å². The third kappa shape index (κ3) is 4.47. The number of carbonyl (C=O) groups excluding carboxylic acids is 3. The number of nitrogens with one attached hydrogen (secondary N) is 2. The van der Waals surface area contributed by atoms with Gasteiger partial charge in [0.2, 0.25) is 0 Å². The van der Waals surface area contributed by atoms with Gasteiger partial charge in [0, 0.05) is 11.7 Å². The summed E-state index contributed by atoms with van der Waals surface area (Å²) in [6.07, 6.45) is 2.87. The first kappa shape index (κ1) is 17.8. The van der Waals surface area contributed by atoms with Crippen LogP contribution < -0.4 is 16.4 Å². The molecule has 1 aliphatic rings. The zero-order valence-corrected chi connectivity index (χ0v) is 13.9. The fourth-order valence-electron chi connectivity index (χ4n) is 2.64. The van der Waals surface area contributed by atoms with Gasteiger partial charge in [0.05, 0.1) is 5.56 Å². The quantitative estimate of drug-likeness (QED) is 0.575. The van der Waals surface area contributed by atoms with Crippen molar-refractivity contribution in [3.8, 4) is 0 Å². The lowest BCUT2D eigenvalue weighted by molar-refractivity contribution is -0.127. The number of ether oxygens (including phenoxy) is 1. The Labute approximate surface area is 140 Å². The van der Waals surface area contributed by atoms with Gasteiger partial charge in [0.1, 0.15) is 0 Å². The molecule has 0 spiro atoms. The van der Waals surface area contributed by atoms with Crippen LogP contribution in [0.2, 0.25) is 0 Å². The molecule has 1 aliphatic carbocycles. The van der Waals surface area contributed by atoms with Crippen molar-refractivity contribution in [2.24, 2.45) is 0 Å². The zero-order valence-electron chi connectivity index (χ0n) is 13.9. The number of esters is 1. The third-order valence-electron chi connectivity index (χ3n) is 4.12. The van der Waals surface area contributed by atoms with E-state index >= 15 is 0 Å². The Morgan fingerprint density at radius 3 is 2.58 bits per heavy atom. The average molecular weight is 333 g/mol. The molecule has 1 aromatic rings. The number of amides is 3. The molecule has 0 unspecified atom stereocenters. The molecule has 0 bridgehead atoms. The SMILES string of the molecule is Cc1cccc(C(=O)O[C@H](C)C(=O)NC(=O)NC2CCCC2)c1N. The number of benzene rings is 1. The van der Waals surface area contributed by atoms with E-state index in [4.69, 9.17) is 10.5 Å². The smallest absolute Gasteiger partial charge is 0.341 e. The molecule has 0 heterocycles. The van der Waals surface area contributed by atoms with Crippen molar-refractivity contribution in [2.45, 2.75) is 51.7 Å². The molecule has 0 radical (unpaired) electrons. The Kier molecular flexibility index (Phi) is 5.78. The zero-order chi connectivity index (χ0) is 17.7. The summed E-state index contributed by atoms with van der Waals surface area (Å²) in [6.45, 7) is 3.18. The van der Waals surface area contributed by atoms with E-state index in [1.165, 1.54) is 13.0 Å². The summed E-state index contributed by atoms with van der Waals surface area (Å²) in [5.41, 5.74) is 7.10. The Morgan fingerprint density at radius 1 is 1.25 bits per heavy atom. The number of nitrogen functional groups attached to an aromatic ring is 1. The number of rotatable bonds is 4. The molecule has 0 aliphatic heterocycles. The standard InChI is InChI=1S/C17H23N3O4/c1-10-6-5-9-13(14(10)18)16(22)24-11(2)15(21)20-17(23)19-12-7-3-4-8-12/h5-6,9,11-12H,3-4,7-8,18H2,1-2H3,(H2,19,20,21,23)/t11-/m1/s1. The number of carbonyl (C=O) groups is 3. The lowest BCUT2D eigenvalue weighted by Crippen LogP contribution is -2.47. The van der Waals surface area contributed by atoms with Crippen LogP contribution in [-0.4, -0.2) is 30.1 Å². The normalized spacial score (nSPS) is 15.6. The fraction of sp³-hybridized carbons (Fsp3) is 0.471. The van der Waals surface area contributed by atoms with Crippen LogP contribution in [0.15, 0.2) is 18.2 Å². The maximum Gasteiger partial charge on any atom is 0.341 e. The van der Waals surface area contributed by atoms with Gasteiger partial charge in [-0.3, -0.25) is 10.1 Å². The second kappa shape index (κ2) is 7.81. The second-order valence-corrected chi connectivity index (χ2v) is 6.03. The van der Waals surface area contributed by atoms with Gasteiger partial charge in [-0.25, -0.2) is 9.59 Å². The molecule has 3 amide bonds. The lowest BCUT2D eigenvalue weighted by Gasteiger charge is -2.16. The van der Waals surface area contributed by atoms with Gasteiger partial charge in [-0.1, -0.05) is 25.0 Å². The fourth-order valence-corrected chi connectivity index (χ4v) is 2.64. The summed E-state index contributed by atoms with van der Waals surface area (Å²) in [6, 6.07) is 4.52. The van der Waals surface area contributed by atoms with E-state index in [9.17, 15) is 14.4 Å². The van der Waals surface area contributed by atoms with Crippen LogP contribution in [0.4, 0.5) is 10.5 Å². The number of hydrogen-bond acceptors (Lipinski definition) is 5. The molecular weight excluding hydrogens is 310 g/mol. The van der Waals surface area contributed by atoms with Gasteiger partial charge in [-0.15, -0.1) is 0 Å². The molecule has 1 atom stereocenters. The van der Waals surface area contributed by atoms with E-state index in [-0.39, 0.29) is 11.6 Å². The van der Waals surface area contributed by atoms with Gasteiger partial charge in [-0.2, -0.15) is 0 Å². The summed E-state index contributed by atoms with van der Waals surface area (Å²) in [5, 5.41) is 4.93. The second-order valence-electron chi connectivity index (χ2n) is 6.03. The summed E-state index contributed by atoms with van der Waals surface area (Å²) in [5.74, 6) is -1.37. The molecular formula is C17H23N3O4. The Morgan fingerprint density at radius 2 is 1.92 bits per heavy atom. The summed E-state index contributed by atoms with van der Waals surface area (Å²) < 4.78 is 5.09. The van der Waals surface area contributed by atoms with E-state index in [1.807, 2.05) is 0 Å². The first-order valence-corrected chi connectivity index (χ1v) is 8.06. The maximum absolute atomic E-state index is 12.1. The van der Waals surface area contributed by atoms with E-state index in [0.717, 1.165) is 31.2 Å². The minimum Gasteiger partial charge on any atom is -0.449 e. The monoisotopic (exact) mass is 333 g/mol. The molecule has 4 N–H and O–H groups in total. The number of aryl methyl sites for hydroxylation is 1. The Hall–Kier alpha value is -2.57. The Bertz CT molecular complexity index is 639. The summed E-state index contributed by atoms with van der Waals surface area (Å²) >= 11 is 0. The first-order valence-electron chi connectivity index (χ1n) is 8.06. The topological polar surface area (TPSA) is 111 Å². The van der Waals surface area contributed by atoms with Crippen LogP contribution in [0.5, 0.6) is 0 Å². The van der Waals surface area contributed by atoms with Crippen LogP contribution in [-0.2, 0) is 9.53 Å². The number of anilines is 1. The van der Waals surface area contributed by atoms with Crippen LogP contribution in [0, 0.1) is 6.92 Å². The van der Waals surface area contributed by atoms with E-state index in [0.29, 0.717) is 5.69 Å².